The van der Waals surface area contributed by atoms with Crippen molar-refractivity contribution < 1.29 is 9.53 Å². The van der Waals surface area contributed by atoms with E-state index in [1.807, 2.05) is 26.0 Å². The maximum Gasteiger partial charge on any atom is 0.259 e. The van der Waals surface area contributed by atoms with E-state index < -0.39 is 0 Å². The lowest BCUT2D eigenvalue weighted by Gasteiger charge is -2.07. The number of aromatic amines is 1. The van der Waals surface area contributed by atoms with Crippen LogP contribution in [0.1, 0.15) is 26.6 Å². The molecule has 1 aromatic carbocycles. The Morgan fingerprint density at radius 2 is 2.08 bits per heavy atom. The van der Waals surface area contributed by atoms with E-state index >= 15 is 0 Å². The van der Waals surface area contributed by atoms with Crippen LogP contribution in [-0.4, -0.2) is 28.6 Å². The van der Waals surface area contributed by atoms with Gasteiger partial charge in [-0.25, -0.2) is 4.98 Å². The van der Waals surface area contributed by atoms with E-state index in [0.717, 1.165) is 15.3 Å². The summed E-state index contributed by atoms with van der Waals surface area (Å²) >= 11 is 2.95. The number of Topliss-reactive ketones (excluding diaryl/α,β-unsaturated/α-hetero) is 1. The van der Waals surface area contributed by atoms with E-state index in [0.29, 0.717) is 34.0 Å². The van der Waals surface area contributed by atoms with Crippen LogP contribution >= 0.6 is 23.1 Å². The van der Waals surface area contributed by atoms with Crippen molar-refractivity contribution in [3.05, 3.63) is 56.4 Å². The predicted molar refractivity (Wildman–Crippen MR) is 103 cm³/mol. The van der Waals surface area contributed by atoms with E-state index in [2.05, 4.69) is 9.97 Å². The number of methoxy groups -OCH3 is 1. The van der Waals surface area contributed by atoms with Crippen LogP contribution in [0.2, 0.25) is 0 Å². The zero-order chi connectivity index (χ0) is 18.0. The number of aryl methyl sites for hydroxylation is 2. The van der Waals surface area contributed by atoms with Crippen molar-refractivity contribution in [1.82, 2.24) is 9.97 Å². The second-order valence-corrected chi connectivity index (χ2v) is 7.78. The lowest BCUT2D eigenvalue weighted by molar-refractivity contribution is 0.101. The minimum atomic E-state index is -0.112. The number of H-pyrrole nitrogens is 1. The number of hydrogen-bond donors (Lipinski definition) is 1. The number of fused-ring (bicyclic) bond motifs is 1. The van der Waals surface area contributed by atoms with Crippen LogP contribution in [0, 0.1) is 13.8 Å². The van der Waals surface area contributed by atoms with Gasteiger partial charge in [-0.2, -0.15) is 0 Å². The van der Waals surface area contributed by atoms with E-state index in [9.17, 15) is 9.59 Å². The van der Waals surface area contributed by atoms with Crippen LogP contribution in [0.5, 0.6) is 5.75 Å². The summed E-state index contributed by atoms with van der Waals surface area (Å²) in [7, 11) is 1.55. The van der Waals surface area contributed by atoms with Crippen molar-refractivity contribution in [2.45, 2.75) is 19.6 Å². The lowest BCUT2D eigenvalue weighted by atomic mass is 10.1. The van der Waals surface area contributed by atoms with Gasteiger partial charge in [-0.1, -0.05) is 12.1 Å². The Hall–Kier alpha value is -2.12. The normalized spacial score (nSPS) is 11.0. The minimum Gasteiger partial charge on any atom is -0.496 e. The molecule has 0 aliphatic heterocycles. The number of thiophene rings is 1. The van der Waals surface area contributed by atoms with Gasteiger partial charge in [0, 0.05) is 4.88 Å². The molecule has 130 valence electrons. The molecule has 0 aliphatic rings. The number of carbonyl (C=O) groups is 1. The van der Waals surface area contributed by atoms with Crippen molar-refractivity contribution in [2.24, 2.45) is 0 Å². The second-order valence-electron chi connectivity index (χ2n) is 5.59. The van der Waals surface area contributed by atoms with Crippen LogP contribution in [0.3, 0.4) is 0 Å². The Bertz CT molecular complexity index is 992. The summed E-state index contributed by atoms with van der Waals surface area (Å²) in [6.07, 6.45) is 0. The second kappa shape index (κ2) is 7.41. The fraction of sp³-hybridized carbons (Fsp3) is 0.278. The number of rotatable bonds is 6. The maximum atomic E-state index is 12.4. The number of para-hydroxylation sites is 1. The number of carbonyl (C=O) groups excluding carboxylic acids is 1. The minimum absolute atomic E-state index is 0.00584. The molecule has 25 heavy (non-hydrogen) atoms. The molecule has 0 atom stereocenters. The Morgan fingerprint density at radius 1 is 1.32 bits per heavy atom. The van der Waals surface area contributed by atoms with Crippen molar-refractivity contribution in [3.8, 4) is 5.75 Å². The summed E-state index contributed by atoms with van der Waals surface area (Å²) in [4.78, 5) is 33.8. The zero-order valence-corrected chi connectivity index (χ0v) is 15.8. The number of nitrogens with one attached hydrogen (secondary N) is 1. The van der Waals surface area contributed by atoms with Gasteiger partial charge in [0.25, 0.3) is 5.56 Å². The van der Waals surface area contributed by atoms with Crippen LogP contribution in [0.25, 0.3) is 10.2 Å². The van der Waals surface area contributed by atoms with Crippen molar-refractivity contribution in [3.63, 3.8) is 0 Å². The maximum absolute atomic E-state index is 12.4. The molecule has 0 saturated carbocycles. The molecule has 7 heteroatoms. The molecule has 0 radical (unpaired) electrons. The quantitative estimate of drug-likeness (QED) is 0.666. The highest BCUT2D eigenvalue weighted by molar-refractivity contribution is 7.99. The molecule has 0 aliphatic carbocycles. The first-order valence-electron chi connectivity index (χ1n) is 7.74. The van der Waals surface area contributed by atoms with Crippen LogP contribution in [0.15, 0.2) is 29.1 Å². The molecular weight excluding hydrogens is 356 g/mol. The molecule has 0 fully saturated rings. The largest absolute Gasteiger partial charge is 0.496 e. The molecule has 0 unspecified atom stereocenters. The molecule has 0 amide bonds. The SMILES string of the molecule is COc1ccccc1C(=O)CSCc1nc2sc(C)c(C)c2c(=O)[nH]1. The van der Waals surface area contributed by atoms with Crippen LogP contribution in [-0.2, 0) is 5.75 Å². The lowest BCUT2D eigenvalue weighted by Crippen LogP contribution is -2.11. The van der Waals surface area contributed by atoms with Gasteiger partial charge in [0.15, 0.2) is 5.78 Å². The average molecular weight is 374 g/mol. The van der Waals surface area contributed by atoms with Gasteiger partial charge in [0.2, 0.25) is 0 Å². The fourth-order valence-corrected chi connectivity index (χ4v) is 4.38. The highest BCUT2D eigenvalue weighted by Gasteiger charge is 2.14. The van der Waals surface area contributed by atoms with E-state index in [-0.39, 0.29) is 11.3 Å². The summed E-state index contributed by atoms with van der Waals surface area (Å²) < 4.78 is 5.22. The summed E-state index contributed by atoms with van der Waals surface area (Å²) in [5.74, 6) is 1.93. The third-order valence-electron chi connectivity index (χ3n) is 3.97. The molecule has 5 nitrogen and oxygen atoms in total. The number of aromatic nitrogens is 2. The summed E-state index contributed by atoms with van der Waals surface area (Å²) in [6.45, 7) is 3.92. The molecule has 3 rings (SSSR count). The number of ketones is 1. The highest BCUT2D eigenvalue weighted by Crippen LogP contribution is 2.26. The number of benzene rings is 1. The summed E-state index contributed by atoms with van der Waals surface area (Å²) in [6, 6.07) is 7.17. The topological polar surface area (TPSA) is 72.0 Å². The number of hydrogen-bond acceptors (Lipinski definition) is 6. The van der Waals surface area contributed by atoms with Crippen molar-refractivity contribution in [1.29, 1.82) is 0 Å². The van der Waals surface area contributed by atoms with E-state index in [4.69, 9.17) is 4.74 Å². The molecule has 0 spiro atoms. The number of thioether (sulfide) groups is 1. The molecule has 1 N–H and O–H groups in total. The predicted octanol–water partition coefficient (Wildman–Crippen LogP) is 3.73. The molecule has 3 aromatic rings. The molecule has 2 heterocycles. The first-order chi connectivity index (χ1) is 12.0. The van der Waals surface area contributed by atoms with Crippen LogP contribution in [0.4, 0.5) is 0 Å². The average Bonchev–Trinajstić information content (AvgIpc) is 2.89. The van der Waals surface area contributed by atoms with Crippen LogP contribution < -0.4 is 10.3 Å². The Kier molecular flexibility index (Phi) is 5.24. The number of nitrogens with zero attached hydrogens (tertiary/aromatic N) is 1. The Morgan fingerprint density at radius 3 is 2.84 bits per heavy atom. The van der Waals surface area contributed by atoms with Gasteiger partial charge >= 0.3 is 0 Å². The van der Waals surface area contributed by atoms with E-state index in [1.165, 1.54) is 23.1 Å². The molecule has 0 bridgehead atoms. The Labute approximate surface area is 153 Å². The third kappa shape index (κ3) is 3.62. The van der Waals surface area contributed by atoms with Gasteiger partial charge in [-0.3, -0.25) is 9.59 Å². The highest BCUT2D eigenvalue weighted by atomic mass is 32.2. The first-order valence-corrected chi connectivity index (χ1v) is 9.71. The van der Waals surface area contributed by atoms with E-state index in [1.54, 1.807) is 19.2 Å². The van der Waals surface area contributed by atoms with Crippen molar-refractivity contribution >= 4 is 39.1 Å². The fourth-order valence-electron chi connectivity index (χ4n) is 2.56. The standard InChI is InChI=1S/C18H18N2O3S2/c1-10-11(2)25-18-16(10)17(22)19-15(20-18)9-24-8-13(21)12-6-4-5-7-14(12)23-3/h4-7H,8-9H2,1-3H3,(H,19,20,22). The monoisotopic (exact) mass is 374 g/mol. The number of ether oxygens (including phenoxy) is 1. The molecular formula is C18H18N2O3S2. The zero-order valence-electron chi connectivity index (χ0n) is 14.2. The van der Waals surface area contributed by atoms with Gasteiger partial charge in [-0.05, 0) is 31.5 Å². The first kappa shape index (κ1) is 17.7. The smallest absolute Gasteiger partial charge is 0.259 e. The third-order valence-corrected chi connectivity index (χ3v) is 6.01. The molecule has 2 aromatic heterocycles. The van der Waals surface area contributed by atoms with Gasteiger partial charge in [0.05, 0.1) is 29.6 Å². The Balaban J connectivity index is 1.71. The van der Waals surface area contributed by atoms with Gasteiger partial charge < -0.3 is 9.72 Å². The molecule has 0 saturated heterocycles. The van der Waals surface area contributed by atoms with Gasteiger partial charge in [0.1, 0.15) is 16.4 Å². The van der Waals surface area contributed by atoms with Gasteiger partial charge in [-0.15, -0.1) is 23.1 Å². The van der Waals surface area contributed by atoms with Crippen molar-refractivity contribution in [2.75, 3.05) is 12.9 Å². The summed E-state index contributed by atoms with van der Waals surface area (Å²) in [5, 5.41) is 0.668. The summed E-state index contributed by atoms with van der Waals surface area (Å²) in [5.41, 5.74) is 1.44.